The smallest absolute Gasteiger partial charge is 0.248 e. The molecule has 0 radical (unpaired) electrons. The number of anilines is 1. The molecule has 0 aliphatic heterocycles. The molecule has 6 nitrogen and oxygen atoms in total. The summed E-state index contributed by atoms with van der Waals surface area (Å²) in [7, 11) is 0. The summed E-state index contributed by atoms with van der Waals surface area (Å²) in [4.78, 5) is 8.80. The Labute approximate surface area is 128 Å². The van der Waals surface area contributed by atoms with E-state index in [-0.39, 0.29) is 11.5 Å². The highest BCUT2D eigenvalue weighted by atomic mass is 16.5. The van der Waals surface area contributed by atoms with Crippen LogP contribution >= 0.6 is 0 Å². The zero-order valence-corrected chi connectivity index (χ0v) is 13.5. The van der Waals surface area contributed by atoms with E-state index in [0.29, 0.717) is 11.7 Å². The van der Waals surface area contributed by atoms with E-state index < -0.39 is 0 Å². The van der Waals surface area contributed by atoms with E-state index in [1.54, 1.807) is 6.92 Å². The highest BCUT2D eigenvalue weighted by molar-refractivity contribution is 5.77. The Hall–Kier alpha value is -2.37. The number of nitrogens with one attached hydrogen (secondary N) is 1. The van der Waals surface area contributed by atoms with Gasteiger partial charge in [0.1, 0.15) is 11.6 Å². The van der Waals surface area contributed by atoms with Crippen LogP contribution in [0.4, 0.5) is 5.69 Å². The molecular weight excluding hydrogens is 280 g/mol. The molecule has 0 aliphatic rings. The van der Waals surface area contributed by atoms with E-state index in [1.165, 1.54) is 0 Å². The molecule has 116 valence electrons. The number of oxazole rings is 1. The second-order valence-electron chi connectivity index (χ2n) is 6.50. The lowest BCUT2D eigenvalue weighted by Gasteiger charge is -2.11. The van der Waals surface area contributed by atoms with Crippen molar-refractivity contribution >= 4 is 16.8 Å². The molecule has 6 heteroatoms. The van der Waals surface area contributed by atoms with Gasteiger partial charge in [0.05, 0.1) is 0 Å². The molecule has 3 aromatic rings. The number of benzene rings is 1. The molecule has 2 aromatic heterocycles. The van der Waals surface area contributed by atoms with Gasteiger partial charge in [-0.1, -0.05) is 25.9 Å². The molecule has 1 atom stereocenters. The Morgan fingerprint density at radius 2 is 1.95 bits per heavy atom. The van der Waals surface area contributed by atoms with Gasteiger partial charge >= 0.3 is 0 Å². The third-order valence-corrected chi connectivity index (χ3v) is 3.33. The molecule has 22 heavy (non-hydrogen) atoms. The SMILES string of the molecule is Cc1noc([C@@H](C)Nc2ccc3oc(C(C)(C)C)nc3c2)n1. The molecule has 0 saturated heterocycles. The fourth-order valence-electron chi connectivity index (χ4n) is 2.14. The summed E-state index contributed by atoms with van der Waals surface area (Å²) < 4.78 is 11.0. The zero-order chi connectivity index (χ0) is 15.9. The predicted octanol–water partition coefficient (Wildman–Crippen LogP) is 3.99. The van der Waals surface area contributed by atoms with E-state index in [0.717, 1.165) is 22.7 Å². The normalized spacial score (nSPS) is 13.5. The molecule has 1 N–H and O–H groups in total. The van der Waals surface area contributed by atoms with Gasteiger partial charge in [0.25, 0.3) is 0 Å². The second-order valence-corrected chi connectivity index (χ2v) is 6.50. The Morgan fingerprint density at radius 1 is 1.18 bits per heavy atom. The first-order valence-electron chi connectivity index (χ1n) is 7.31. The minimum Gasteiger partial charge on any atom is -0.440 e. The first-order valence-corrected chi connectivity index (χ1v) is 7.31. The maximum Gasteiger partial charge on any atom is 0.248 e. The van der Waals surface area contributed by atoms with Crippen molar-refractivity contribution in [3.8, 4) is 0 Å². The minimum atomic E-state index is -0.110. The van der Waals surface area contributed by atoms with Crippen molar-refractivity contribution in [2.45, 2.75) is 46.1 Å². The van der Waals surface area contributed by atoms with Gasteiger partial charge in [-0.25, -0.2) is 4.98 Å². The third kappa shape index (κ3) is 2.81. The van der Waals surface area contributed by atoms with Crippen molar-refractivity contribution in [3.05, 3.63) is 35.8 Å². The number of hydrogen-bond acceptors (Lipinski definition) is 6. The highest BCUT2D eigenvalue weighted by Gasteiger charge is 2.21. The van der Waals surface area contributed by atoms with Crippen molar-refractivity contribution in [2.24, 2.45) is 0 Å². The maximum atomic E-state index is 5.80. The second kappa shape index (κ2) is 5.12. The Morgan fingerprint density at radius 3 is 2.59 bits per heavy atom. The van der Waals surface area contributed by atoms with Crippen LogP contribution in [0.15, 0.2) is 27.1 Å². The topological polar surface area (TPSA) is 77.0 Å². The van der Waals surface area contributed by atoms with Crippen LogP contribution in [0.5, 0.6) is 0 Å². The summed E-state index contributed by atoms with van der Waals surface area (Å²) in [6, 6.07) is 5.77. The lowest BCUT2D eigenvalue weighted by atomic mass is 9.97. The average molecular weight is 300 g/mol. The molecular formula is C16H20N4O2. The predicted molar refractivity (Wildman–Crippen MR) is 83.8 cm³/mol. The fourth-order valence-corrected chi connectivity index (χ4v) is 2.14. The minimum absolute atomic E-state index is 0.0763. The Kier molecular flexibility index (Phi) is 3.39. The third-order valence-electron chi connectivity index (χ3n) is 3.33. The standard InChI is InChI=1S/C16H20N4O2/c1-9(14-18-10(2)20-22-14)17-11-6-7-13-12(8-11)19-15(21-13)16(3,4)5/h6-9,17H,1-5H3/t9-/m1/s1. The van der Waals surface area contributed by atoms with Crippen LogP contribution in [0.2, 0.25) is 0 Å². The van der Waals surface area contributed by atoms with Gasteiger partial charge in [0.2, 0.25) is 11.8 Å². The molecule has 0 amide bonds. The van der Waals surface area contributed by atoms with E-state index in [9.17, 15) is 0 Å². The number of hydrogen-bond donors (Lipinski definition) is 1. The molecule has 0 unspecified atom stereocenters. The molecule has 0 fully saturated rings. The van der Waals surface area contributed by atoms with Gasteiger partial charge in [-0.2, -0.15) is 4.98 Å². The van der Waals surface area contributed by atoms with Crippen LogP contribution in [0.1, 0.15) is 51.3 Å². The maximum absolute atomic E-state index is 5.80. The molecule has 0 bridgehead atoms. The van der Waals surface area contributed by atoms with Crippen LogP contribution in [0, 0.1) is 6.92 Å². The Bertz CT molecular complexity index is 798. The molecule has 2 heterocycles. The molecule has 3 rings (SSSR count). The molecule has 0 saturated carbocycles. The van der Waals surface area contributed by atoms with Crippen LogP contribution in [-0.4, -0.2) is 15.1 Å². The van der Waals surface area contributed by atoms with E-state index in [4.69, 9.17) is 8.94 Å². The number of nitrogens with zero attached hydrogens (tertiary/aromatic N) is 3. The fraction of sp³-hybridized carbons (Fsp3) is 0.438. The van der Waals surface area contributed by atoms with Crippen molar-refractivity contribution < 1.29 is 8.94 Å². The number of aromatic nitrogens is 3. The summed E-state index contributed by atoms with van der Waals surface area (Å²) in [5.41, 5.74) is 2.45. The summed E-state index contributed by atoms with van der Waals surface area (Å²) in [5.74, 6) is 1.93. The van der Waals surface area contributed by atoms with Gasteiger partial charge in [0.15, 0.2) is 11.4 Å². The quantitative estimate of drug-likeness (QED) is 0.788. The molecule has 1 aromatic carbocycles. The first kappa shape index (κ1) is 14.6. The van der Waals surface area contributed by atoms with Crippen molar-refractivity contribution in [1.29, 1.82) is 0 Å². The highest BCUT2D eigenvalue weighted by Crippen LogP contribution is 2.28. The van der Waals surface area contributed by atoms with Gasteiger partial charge < -0.3 is 14.3 Å². The van der Waals surface area contributed by atoms with Gasteiger partial charge in [-0.15, -0.1) is 0 Å². The van der Waals surface area contributed by atoms with Gasteiger partial charge in [-0.05, 0) is 32.0 Å². The van der Waals surface area contributed by atoms with Gasteiger partial charge in [-0.3, -0.25) is 0 Å². The summed E-state index contributed by atoms with van der Waals surface area (Å²) in [6.45, 7) is 10.0. The van der Waals surface area contributed by atoms with Crippen molar-refractivity contribution in [2.75, 3.05) is 5.32 Å². The zero-order valence-electron chi connectivity index (χ0n) is 13.5. The lowest BCUT2D eigenvalue weighted by molar-refractivity contribution is 0.364. The summed E-state index contributed by atoms with van der Waals surface area (Å²) in [5, 5.41) is 7.14. The van der Waals surface area contributed by atoms with Crippen LogP contribution < -0.4 is 5.32 Å². The van der Waals surface area contributed by atoms with Crippen LogP contribution in [-0.2, 0) is 5.41 Å². The van der Waals surface area contributed by atoms with E-state index >= 15 is 0 Å². The van der Waals surface area contributed by atoms with Crippen molar-refractivity contribution in [1.82, 2.24) is 15.1 Å². The summed E-state index contributed by atoms with van der Waals surface area (Å²) >= 11 is 0. The lowest BCUT2D eigenvalue weighted by Crippen LogP contribution is -2.11. The van der Waals surface area contributed by atoms with E-state index in [2.05, 4.69) is 41.2 Å². The largest absolute Gasteiger partial charge is 0.440 e. The van der Waals surface area contributed by atoms with Crippen LogP contribution in [0.25, 0.3) is 11.1 Å². The number of fused-ring (bicyclic) bond motifs is 1. The van der Waals surface area contributed by atoms with Crippen molar-refractivity contribution in [3.63, 3.8) is 0 Å². The molecule has 0 aliphatic carbocycles. The Balaban J connectivity index is 1.85. The summed E-state index contributed by atoms with van der Waals surface area (Å²) in [6.07, 6.45) is 0. The number of rotatable bonds is 3. The number of aryl methyl sites for hydroxylation is 1. The van der Waals surface area contributed by atoms with E-state index in [1.807, 2.05) is 25.1 Å². The average Bonchev–Trinajstić information content (AvgIpc) is 3.03. The van der Waals surface area contributed by atoms with Gasteiger partial charge in [0, 0.05) is 11.1 Å². The first-order chi connectivity index (χ1) is 10.3. The molecule has 0 spiro atoms. The van der Waals surface area contributed by atoms with Crippen LogP contribution in [0.3, 0.4) is 0 Å². The monoisotopic (exact) mass is 300 g/mol.